The Labute approximate surface area is 133 Å². The molecule has 3 rings (SSSR count). The van der Waals surface area contributed by atoms with Gasteiger partial charge in [-0.2, -0.15) is 4.98 Å². The van der Waals surface area contributed by atoms with Crippen molar-refractivity contribution in [3.8, 4) is 5.69 Å². The highest BCUT2D eigenvalue weighted by Gasteiger charge is 2.10. The summed E-state index contributed by atoms with van der Waals surface area (Å²) in [4.78, 5) is 8.66. The first-order chi connectivity index (χ1) is 10.7. The van der Waals surface area contributed by atoms with Crippen LogP contribution >= 0.6 is 11.8 Å². The van der Waals surface area contributed by atoms with Crippen LogP contribution in [0.25, 0.3) is 5.69 Å². The minimum Gasteiger partial charge on any atom is -0.338 e. The van der Waals surface area contributed by atoms with Gasteiger partial charge in [-0.05, 0) is 18.1 Å². The molecular weight excluding hydrogens is 298 g/mol. The molecule has 3 aromatic rings. The summed E-state index contributed by atoms with van der Waals surface area (Å²) < 4.78 is 6.98. The Hall–Kier alpha value is -2.15. The molecular formula is C15H17N5OS. The second-order valence-corrected chi connectivity index (χ2v) is 6.24. The molecule has 114 valence electrons. The van der Waals surface area contributed by atoms with Gasteiger partial charge in [0, 0.05) is 6.42 Å². The van der Waals surface area contributed by atoms with Crippen molar-refractivity contribution in [2.45, 2.75) is 31.2 Å². The molecule has 22 heavy (non-hydrogen) atoms. The van der Waals surface area contributed by atoms with Gasteiger partial charge in [-0.25, -0.2) is 9.67 Å². The van der Waals surface area contributed by atoms with E-state index in [9.17, 15) is 0 Å². The van der Waals surface area contributed by atoms with Crippen LogP contribution in [0.2, 0.25) is 0 Å². The van der Waals surface area contributed by atoms with Crippen molar-refractivity contribution in [3.63, 3.8) is 0 Å². The average molecular weight is 315 g/mol. The predicted octanol–water partition coefficient (Wildman–Crippen LogP) is 3.14. The molecule has 2 aromatic heterocycles. The summed E-state index contributed by atoms with van der Waals surface area (Å²) in [6, 6.07) is 9.89. The average Bonchev–Trinajstić information content (AvgIpc) is 3.15. The lowest BCUT2D eigenvalue weighted by molar-refractivity contribution is 0.382. The fourth-order valence-electron chi connectivity index (χ4n) is 1.94. The Bertz CT molecular complexity index is 722. The van der Waals surface area contributed by atoms with Crippen LogP contribution in [0.5, 0.6) is 0 Å². The molecule has 0 spiro atoms. The lowest BCUT2D eigenvalue weighted by Crippen LogP contribution is -1.96. The van der Waals surface area contributed by atoms with Crippen molar-refractivity contribution in [3.05, 3.63) is 48.4 Å². The van der Waals surface area contributed by atoms with E-state index in [1.165, 1.54) is 11.8 Å². The van der Waals surface area contributed by atoms with Crippen LogP contribution in [-0.2, 0) is 12.2 Å². The molecule has 1 aromatic carbocycles. The Morgan fingerprint density at radius 1 is 1.23 bits per heavy atom. The molecule has 0 atom stereocenters. The molecule has 0 saturated heterocycles. The Kier molecular flexibility index (Phi) is 4.53. The highest BCUT2D eigenvalue weighted by atomic mass is 32.2. The van der Waals surface area contributed by atoms with Gasteiger partial charge in [-0.3, -0.25) is 0 Å². The number of benzene rings is 1. The zero-order chi connectivity index (χ0) is 15.4. The van der Waals surface area contributed by atoms with Gasteiger partial charge in [0.15, 0.2) is 5.82 Å². The van der Waals surface area contributed by atoms with Crippen molar-refractivity contribution in [1.29, 1.82) is 0 Å². The second-order valence-electron chi connectivity index (χ2n) is 5.30. The third kappa shape index (κ3) is 3.73. The fourth-order valence-corrected chi connectivity index (χ4v) is 2.58. The van der Waals surface area contributed by atoms with E-state index < -0.39 is 0 Å². The van der Waals surface area contributed by atoms with Crippen LogP contribution in [0.4, 0.5) is 0 Å². The van der Waals surface area contributed by atoms with Crippen LogP contribution in [-0.4, -0.2) is 24.9 Å². The third-order valence-electron chi connectivity index (χ3n) is 2.92. The predicted molar refractivity (Wildman–Crippen MR) is 83.8 cm³/mol. The summed E-state index contributed by atoms with van der Waals surface area (Å²) in [7, 11) is 0. The minimum atomic E-state index is 0.515. The van der Waals surface area contributed by atoms with Crippen LogP contribution in [0.15, 0.2) is 46.3 Å². The van der Waals surface area contributed by atoms with Gasteiger partial charge in [0.05, 0.1) is 11.4 Å². The number of thioether (sulfide) groups is 1. The number of nitrogens with zero attached hydrogens (tertiary/aromatic N) is 5. The van der Waals surface area contributed by atoms with E-state index in [0.29, 0.717) is 22.7 Å². The molecule has 7 heteroatoms. The van der Waals surface area contributed by atoms with Crippen molar-refractivity contribution in [2.75, 3.05) is 0 Å². The van der Waals surface area contributed by atoms with Gasteiger partial charge >= 0.3 is 0 Å². The van der Waals surface area contributed by atoms with Crippen molar-refractivity contribution >= 4 is 11.8 Å². The van der Waals surface area contributed by atoms with E-state index in [-0.39, 0.29) is 0 Å². The first kappa shape index (κ1) is 14.8. The first-order valence-electron chi connectivity index (χ1n) is 7.12. The van der Waals surface area contributed by atoms with Gasteiger partial charge in [0.2, 0.25) is 11.0 Å². The standard InChI is InChI=1S/C15H17N5OS/c1-11(2)8-13-17-14(21-19-13)9-22-15-16-10-20(18-15)12-6-4-3-5-7-12/h3-7,10-11H,8-9H2,1-2H3. The maximum Gasteiger partial charge on any atom is 0.237 e. The van der Waals surface area contributed by atoms with Crippen molar-refractivity contribution in [1.82, 2.24) is 24.9 Å². The maximum absolute atomic E-state index is 5.23. The van der Waals surface area contributed by atoms with Gasteiger partial charge in [-0.1, -0.05) is 49.0 Å². The summed E-state index contributed by atoms with van der Waals surface area (Å²) >= 11 is 1.48. The van der Waals surface area contributed by atoms with Crippen LogP contribution in [0.3, 0.4) is 0 Å². The number of hydrogen-bond donors (Lipinski definition) is 0. The molecule has 0 radical (unpaired) electrons. The molecule has 0 aliphatic carbocycles. The van der Waals surface area contributed by atoms with Crippen LogP contribution < -0.4 is 0 Å². The molecule has 0 fully saturated rings. The van der Waals surface area contributed by atoms with E-state index in [2.05, 4.69) is 34.1 Å². The maximum atomic E-state index is 5.23. The normalized spacial score (nSPS) is 11.2. The van der Waals surface area contributed by atoms with Gasteiger partial charge in [0.25, 0.3) is 0 Å². The van der Waals surface area contributed by atoms with Gasteiger partial charge < -0.3 is 4.52 Å². The van der Waals surface area contributed by atoms with Gasteiger partial charge in [0.1, 0.15) is 6.33 Å². The molecule has 2 heterocycles. The largest absolute Gasteiger partial charge is 0.338 e. The molecule has 0 aliphatic heterocycles. The SMILES string of the molecule is CC(C)Cc1noc(CSc2ncn(-c3ccccc3)n2)n1. The number of aromatic nitrogens is 5. The third-order valence-corrected chi connectivity index (χ3v) is 3.75. The highest BCUT2D eigenvalue weighted by Crippen LogP contribution is 2.19. The zero-order valence-electron chi connectivity index (χ0n) is 12.5. The summed E-state index contributed by atoms with van der Waals surface area (Å²) in [6.07, 6.45) is 2.53. The van der Waals surface area contributed by atoms with Gasteiger partial charge in [-0.15, -0.1) is 5.10 Å². The van der Waals surface area contributed by atoms with E-state index >= 15 is 0 Å². The lowest BCUT2D eigenvalue weighted by Gasteiger charge is -1.97. The monoisotopic (exact) mass is 315 g/mol. The summed E-state index contributed by atoms with van der Waals surface area (Å²) in [5, 5.41) is 9.09. The summed E-state index contributed by atoms with van der Waals surface area (Å²) in [6.45, 7) is 4.26. The lowest BCUT2D eigenvalue weighted by atomic mass is 10.1. The Balaban J connectivity index is 1.60. The topological polar surface area (TPSA) is 69.6 Å². The first-order valence-corrected chi connectivity index (χ1v) is 8.10. The van der Waals surface area contributed by atoms with Crippen molar-refractivity contribution < 1.29 is 4.52 Å². The van der Waals surface area contributed by atoms with Crippen LogP contribution in [0, 0.1) is 5.92 Å². The van der Waals surface area contributed by atoms with E-state index in [4.69, 9.17) is 4.52 Å². The summed E-state index contributed by atoms with van der Waals surface area (Å²) in [5.74, 6) is 2.45. The molecule has 0 saturated carbocycles. The van der Waals surface area contributed by atoms with E-state index in [0.717, 1.165) is 17.9 Å². The summed E-state index contributed by atoms with van der Waals surface area (Å²) in [5.41, 5.74) is 0.985. The van der Waals surface area contributed by atoms with Crippen LogP contribution in [0.1, 0.15) is 25.6 Å². The Morgan fingerprint density at radius 3 is 2.82 bits per heavy atom. The second kappa shape index (κ2) is 6.74. The number of hydrogen-bond acceptors (Lipinski definition) is 6. The quantitative estimate of drug-likeness (QED) is 0.651. The molecule has 6 nitrogen and oxygen atoms in total. The molecule has 0 N–H and O–H groups in total. The van der Waals surface area contributed by atoms with E-state index in [1.807, 2.05) is 30.3 Å². The fraction of sp³-hybridized carbons (Fsp3) is 0.333. The van der Waals surface area contributed by atoms with Crippen molar-refractivity contribution in [2.24, 2.45) is 5.92 Å². The molecule has 0 bridgehead atoms. The Morgan fingerprint density at radius 2 is 2.05 bits per heavy atom. The highest BCUT2D eigenvalue weighted by molar-refractivity contribution is 7.98. The minimum absolute atomic E-state index is 0.515. The number of para-hydroxylation sites is 1. The zero-order valence-corrected chi connectivity index (χ0v) is 13.3. The van der Waals surface area contributed by atoms with E-state index in [1.54, 1.807) is 11.0 Å². The molecule has 0 unspecified atom stereocenters. The molecule has 0 amide bonds. The molecule has 0 aliphatic rings. The number of rotatable bonds is 6. The smallest absolute Gasteiger partial charge is 0.237 e.